The van der Waals surface area contributed by atoms with E-state index in [1.165, 1.54) is 10.9 Å². The minimum atomic E-state index is -0.405. The molecule has 0 amide bonds. The average Bonchev–Trinajstić information content (AvgIpc) is 3.21. The van der Waals surface area contributed by atoms with Gasteiger partial charge in [0.2, 0.25) is 0 Å². The lowest BCUT2D eigenvalue weighted by atomic mass is 9.79. The van der Waals surface area contributed by atoms with Crippen LogP contribution in [0.4, 0.5) is 0 Å². The quantitative estimate of drug-likeness (QED) is 0.414. The topological polar surface area (TPSA) is 44.5 Å². The van der Waals surface area contributed by atoms with Crippen molar-refractivity contribution in [2.75, 3.05) is 0 Å². The van der Waals surface area contributed by atoms with Crippen molar-refractivity contribution in [3.63, 3.8) is 0 Å². The molecule has 0 spiro atoms. The van der Waals surface area contributed by atoms with E-state index in [4.69, 9.17) is 18.7 Å². The molecular weight excluding hydrogens is 373 g/mol. The first kappa shape index (κ1) is 19.3. The van der Waals surface area contributed by atoms with Crippen LogP contribution in [0, 0.1) is 13.8 Å². The maximum absolute atomic E-state index is 6.20. The summed E-state index contributed by atoms with van der Waals surface area (Å²) in [5, 5.41) is 2.21. The molecule has 0 bridgehead atoms. The predicted octanol–water partition coefficient (Wildman–Crippen LogP) is 5.56. The van der Waals surface area contributed by atoms with E-state index in [0.29, 0.717) is 0 Å². The van der Waals surface area contributed by atoms with Gasteiger partial charge in [0.1, 0.15) is 11.3 Å². The summed E-state index contributed by atoms with van der Waals surface area (Å²) in [4.78, 5) is 4.90. The Balaban J connectivity index is 1.54. The zero-order chi connectivity index (χ0) is 21.3. The molecule has 1 aliphatic heterocycles. The van der Waals surface area contributed by atoms with Gasteiger partial charge in [-0.25, -0.2) is 4.98 Å². The Bertz CT molecular complexity index is 1270. The molecule has 0 unspecified atom stereocenters. The number of aromatic nitrogens is 1. The molecule has 0 N–H and O–H groups in total. The highest BCUT2D eigenvalue weighted by Gasteiger charge is 2.51. The molecule has 3 heterocycles. The Morgan fingerprint density at radius 1 is 0.800 bits per heavy atom. The zero-order valence-corrected chi connectivity index (χ0v) is 18.4. The van der Waals surface area contributed by atoms with Gasteiger partial charge < -0.3 is 13.7 Å². The second kappa shape index (κ2) is 6.43. The highest BCUT2D eigenvalue weighted by atomic mass is 16.7. The van der Waals surface area contributed by atoms with E-state index in [2.05, 4.69) is 65.8 Å². The molecule has 0 saturated carbocycles. The van der Waals surface area contributed by atoms with Gasteiger partial charge in [-0.3, -0.25) is 0 Å². The van der Waals surface area contributed by atoms with Crippen LogP contribution in [0.2, 0.25) is 0 Å². The monoisotopic (exact) mass is 399 g/mol. The lowest BCUT2D eigenvalue weighted by Crippen LogP contribution is -2.41. The molecule has 2 aromatic heterocycles. The Morgan fingerprint density at radius 2 is 1.50 bits per heavy atom. The number of fused-ring (bicyclic) bond motifs is 2. The molecular formula is C25H26BNO3. The zero-order valence-electron chi connectivity index (χ0n) is 18.4. The molecule has 152 valence electrons. The van der Waals surface area contributed by atoms with Gasteiger partial charge >= 0.3 is 7.12 Å². The summed E-state index contributed by atoms with van der Waals surface area (Å²) in [6, 6.07) is 16.6. The van der Waals surface area contributed by atoms with Crippen LogP contribution in [0.1, 0.15) is 38.8 Å². The number of aryl methyl sites for hydroxylation is 2. The molecule has 5 rings (SSSR count). The fraction of sp³-hybridized carbons (Fsp3) is 0.320. The number of rotatable bonds is 2. The lowest BCUT2D eigenvalue weighted by Gasteiger charge is -2.32. The summed E-state index contributed by atoms with van der Waals surface area (Å²) < 4.78 is 18.6. The third-order valence-electron chi connectivity index (χ3n) is 6.60. The van der Waals surface area contributed by atoms with E-state index in [1.807, 2.05) is 24.3 Å². The first-order chi connectivity index (χ1) is 14.1. The lowest BCUT2D eigenvalue weighted by molar-refractivity contribution is 0.00578. The van der Waals surface area contributed by atoms with E-state index < -0.39 is 7.12 Å². The van der Waals surface area contributed by atoms with Crippen molar-refractivity contribution in [1.29, 1.82) is 0 Å². The number of hydrogen-bond donors (Lipinski definition) is 0. The number of pyridine rings is 1. The summed E-state index contributed by atoms with van der Waals surface area (Å²) >= 11 is 0. The third-order valence-corrected chi connectivity index (χ3v) is 6.60. The molecule has 30 heavy (non-hydrogen) atoms. The van der Waals surface area contributed by atoms with Crippen molar-refractivity contribution in [1.82, 2.24) is 4.98 Å². The minimum Gasteiger partial charge on any atom is -0.454 e. The number of benzene rings is 2. The molecule has 1 fully saturated rings. The van der Waals surface area contributed by atoms with Crippen LogP contribution in [-0.4, -0.2) is 23.3 Å². The predicted molar refractivity (Wildman–Crippen MR) is 122 cm³/mol. The first-order valence-corrected chi connectivity index (χ1v) is 10.4. The van der Waals surface area contributed by atoms with E-state index in [9.17, 15) is 0 Å². The van der Waals surface area contributed by atoms with Crippen molar-refractivity contribution < 1.29 is 13.7 Å². The number of hydrogen-bond acceptors (Lipinski definition) is 4. The minimum absolute atomic E-state index is 0.369. The second-order valence-electron chi connectivity index (χ2n) is 9.29. The highest BCUT2D eigenvalue weighted by molar-refractivity contribution is 6.62. The maximum Gasteiger partial charge on any atom is 0.494 e. The smallest absolute Gasteiger partial charge is 0.454 e. The Morgan fingerprint density at radius 3 is 2.23 bits per heavy atom. The number of furan rings is 1. The molecule has 0 atom stereocenters. The van der Waals surface area contributed by atoms with Crippen molar-refractivity contribution >= 4 is 34.5 Å². The fourth-order valence-corrected chi connectivity index (χ4v) is 3.93. The van der Waals surface area contributed by atoms with Gasteiger partial charge in [0, 0.05) is 10.8 Å². The summed E-state index contributed by atoms with van der Waals surface area (Å²) in [5.74, 6) is 0.763. The van der Waals surface area contributed by atoms with Crippen molar-refractivity contribution in [3.05, 3.63) is 59.7 Å². The molecule has 1 saturated heterocycles. The van der Waals surface area contributed by atoms with Crippen LogP contribution < -0.4 is 5.46 Å². The molecule has 0 radical (unpaired) electrons. The highest BCUT2D eigenvalue weighted by Crippen LogP contribution is 2.37. The normalized spacial score (nSPS) is 17.9. The largest absolute Gasteiger partial charge is 0.494 e. The van der Waals surface area contributed by atoms with Crippen LogP contribution in [0.15, 0.2) is 52.9 Å². The molecule has 1 aliphatic rings. The summed E-state index contributed by atoms with van der Waals surface area (Å²) in [6.45, 7) is 12.4. The van der Waals surface area contributed by atoms with Gasteiger partial charge in [-0.05, 0) is 76.3 Å². The van der Waals surface area contributed by atoms with E-state index in [-0.39, 0.29) is 11.2 Å². The van der Waals surface area contributed by atoms with Crippen LogP contribution in [0.25, 0.3) is 33.3 Å². The fourth-order valence-electron chi connectivity index (χ4n) is 3.93. The first-order valence-electron chi connectivity index (χ1n) is 10.4. The van der Waals surface area contributed by atoms with Gasteiger partial charge in [-0.15, -0.1) is 0 Å². The molecule has 4 nitrogen and oxygen atoms in total. The summed E-state index contributed by atoms with van der Waals surface area (Å²) in [7, 11) is -0.405. The van der Waals surface area contributed by atoms with Gasteiger partial charge in [-0.1, -0.05) is 30.3 Å². The van der Waals surface area contributed by atoms with Crippen molar-refractivity contribution in [3.8, 4) is 11.5 Å². The van der Waals surface area contributed by atoms with Crippen LogP contribution in [0.5, 0.6) is 0 Å². The van der Waals surface area contributed by atoms with Gasteiger partial charge in [0.15, 0.2) is 5.76 Å². The van der Waals surface area contributed by atoms with E-state index >= 15 is 0 Å². The maximum atomic E-state index is 6.20. The summed E-state index contributed by atoms with van der Waals surface area (Å²) in [6.07, 6.45) is 0. The van der Waals surface area contributed by atoms with E-state index in [0.717, 1.165) is 39.0 Å². The Labute approximate surface area is 177 Å². The SMILES string of the molecule is Cc1ccc(C)c2nc(-c3cc4ccc(B5OC(C)(C)C(C)(C)O5)cc4o3)ccc12. The number of nitrogens with zero attached hydrogens (tertiary/aromatic N) is 1. The molecule has 5 heteroatoms. The second-order valence-corrected chi connectivity index (χ2v) is 9.29. The van der Waals surface area contributed by atoms with Gasteiger partial charge in [0.05, 0.1) is 16.7 Å². The molecule has 4 aromatic rings. The Kier molecular flexibility index (Phi) is 4.15. The third kappa shape index (κ3) is 2.96. The van der Waals surface area contributed by atoms with Gasteiger partial charge in [0.25, 0.3) is 0 Å². The van der Waals surface area contributed by atoms with Crippen molar-refractivity contribution in [2.45, 2.75) is 52.7 Å². The van der Waals surface area contributed by atoms with Crippen LogP contribution in [0.3, 0.4) is 0 Å². The standard InChI is InChI=1S/C25H26BNO3/c1-15-7-8-16(2)23-19(15)11-12-20(27-23)22-13-17-9-10-18(14-21(17)28-22)26-29-24(3,4)25(5,6)30-26/h7-14H,1-6H3. The van der Waals surface area contributed by atoms with Crippen LogP contribution >= 0.6 is 0 Å². The Hall–Kier alpha value is -2.63. The van der Waals surface area contributed by atoms with E-state index in [1.54, 1.807) is 0 Å². The summed E-state index contributed by atoms with van der Waals surface area (Å²) in [5.41, 5.74) is 5.27. The molecule has 2 aromatic carbocycles. The average molecular weight is 399 g/mol. The van der Waals surface area contributed by atoms with Crippen molar-refractivity contribution in [2.24, 2.45) is 0 Å². The van der Waals surface area contributed by atoms with Crippen LogP contribution in [-0.2, 0) is 9.31 Å². The molecule has 0 aliphatic carbocycles. The van der Waals surface area contributed by atoms with Gasteiger partial charge in [-0.2, -0.15) is 0 Å².